The highest BCUT2D eigenvalue weighted by Gasteiger charge is 2.16. The third-order valence-electron chi connectivity index (χ3n) is 5.16. The van der Waals surface area contributed by atoms with Gasteiger partial charge in [-0.15, -0.1) is 0 Å². The van der Waals surface area contributed by atoms with Gasteiger partial charge in [-0.1, -0.05) is 62.4 Å². The lowest BCUT2D eigenvalue weighted by Gasteiger charge is -2.14. The van der Waals surface area contributed by atoms with Gasteiger partial charge in [-0.2, -0.15) is 0 Å². The zero-order valence-electron chi connectivity index (χ0n) is 16.4. The van der Waals surface area contributed by atoms with Crippen LogP contribution in [-0.2, 0) is 0 Å². The fraction of sp³-hybridized carbons (Fsp3) is 0.348. The molecule has 0 heterocycles. The number of benzene rings is 2. The van der Waals surface area contributed by atoms with Crippen molar-refractivity contribution < 1.29 is 15.0 Å². The Morgan fingerprint density at radius 3 is 1.25 bits per heavy atom. The van der Waals surface area contributed by atoms with Crippen LogP contribution in [0, 0.1) is 22.7 Å². The molecular weight excluding hydrogens is 352 g/mol. The van der Waals surface area contributed by atoms with Crippen LogP contribution in [0.5, 0.6) is 0 Å². The third-order valence-corrected chi connectivity index (χ3v) is 5.16. The van der Waals surface area contributed by atoms with E-state index in [4.69, 9.17) is 10.8 Å². The Kier molecular flexibility index (Phi) is 7.79. The van der Waals surface area contributed by atoms with Crippen molar-refractivity contribution in [2.75, 3.05) is 13.2 Å². The van der Waals surface area contributed by atoms with Crippen LogP contribution in [0.25, 0.3) is 0 Å². The highest BCUT2D eigenvalue weighted by molar-refractivity contribution is 6.10. The fourth-order valence-corrected chi connectivity index (χ4v) is 3.09. The summed E-state index contributed by atoms with van der Waals surface area (Å²) in [6.45, 7) is 3.74. The van der Waals surface area contributed by atoms with E-state index < -0.39 is 0 Å². The van der Waals surface area contributed by atoms with Crippen LogP contribution in [0.15, 0.2) is 48.5 Å². The molecule has 148 valence electrons. The Labute approximate surface area is 166 Å². The summed E-state index contributed by atoms with van der Waals surface area (Å²) < 4.78 is 0. The monoisotopic (exact) mass is 380 g/mol. The minimum atomic E-state index is -0.199. The molecule has 0 aromatic heterocycles. The number of hydrogen-bond donors (Lipinski definition) is 4. The molecule has 0 fully saturated rings. The maximum absolute atomic E-state index is 12.7. The molecule has 28 heavy (non-hydrogen) atoms. The van der Waals surface area contributed by atoms with E-state index in [1.807, 2.05) is 13.8 Å². The van der Waals surface area contributed by atoms with Crippen molar-refractivity contribution in [2.45, 2.75) is 26.7 Å². The number of rotatable bonds is 10. The number of carbonyl (C=O) groups excluding carboxylic acids is 1. The van der Waals surface area contributed by atoms with Gasteiger partial charge >= 0.3 is 0 Å². The minimum absolute atomic E-state index is 0.0630. The fourth-order valence-electron chi connectivity index (χ4n) is 3.09. The SMILES string of the molecule is CCC(CO)C(=N)c1ccc(C(=O)c2ccc(C(=N)C(CC)CO)cc2)cc1. The Hall–Kier alpha value is -2.63. The van der Waals surface area contributed by atoms with E-state index >= 15 is 0 Å². The summed E-state index contributed by atoms with van der Waals surface area (Å²) in [5.74, 6) is -0.523. The van der Waals surface area contributed by atoms with Gasteiger partial charge < -0.3 is 21.0 Å². The second-order valence-corrected chi connectivity index (χ2v) is 6.89. The molecule has 2 atom stereocenters. The molecule has 0 radical (unpaired) electrons. The smallest absolute Gasteiger partial charge is 0.193 e. The molecule has 0 aliphatic heterocycles. The Morgan fingerprint density at radius 1 is 0.714 bits per heavy atom. The third kappa shape index (κ3) is 4.80. The highest BCUT2D eigenvalue weighted by Crippen LogP contribution is 2.17. The van der Waals surface area contributed by atoms with Crippen LogP contribution in [0.3, 0.4) is 0 Å². The summed E-state index contributed by atoms with van der Waals surface area (Å²) in [7, 11) is 0. The van der Waals surface area contributed by atoms with Gasteiger partial charge in [-0.3, -0.25) is 4.79 Å². The summed E-state index contributed by atoms with van der Waals surface area (Å²) in [6, 6.07) is 13.8. The Bertz CT molecular complexity index is 748. The lowest BCUT2D eigenvalue weighted by Crippen LogP contribution is -2.18. The van der Waals surface area contributed by atoms with E-state index in [1.54, 1.807) is 48.5 Å². The van der Waals surface area contributed by atoms with Crippen molar-refractivity contribution in [3.63, 3.8) is 0 Å². The van der Waals surface area contributed by atoms with Crippen LogP contribution < -0.4 is 0 Å². The molecule has 0 saturated heterocycles. The molecule has 0 bridgehead atoms. The highest BCUT2D eigenvalue weighted by atomic mass is 16.3. The molecule has 2 rings (SSSR count). The molecule has 0 amide bonds. The number of carbonyl (C=O) groups is 1. The van der Waals surface area contributed by atoms with Crippen molar-refractivity contribution in [3.8, 4) is 0 Å². The predicted octanol–water partition coefficient (Wildman–Crippen LogP) is 3.69. The van der Waals surface area contributed by atoms with E-state index in [1.165, 1.54) is 0 Å². The van der Waals surface area contributed by atoms with Crippen LogP contribution in [0.2, 0.25) is 0 Å². The molecule has 2 unspecified atom stereocenters. The molecule has 0 aliphatic rings. The molecule has 0 saturated carbocycles. The second kappa shape index (κ2) is 10.1. The summed E-state index contributed by atoms with van der Waals surface area (Å²) in [5.41, 5.74) is 3.21. The zero-order valence-corrected chi connectivity index (χ0v) is 16.4. The maximum Gasteiger partial charge on any atom is 0.193 e. The van der Waals surface area contributed by atoms with Crippen molar-refractivity contribution in [2.24, 2.45) is 11.8 Å². The first-order valence-electron chi connectivity index (χ1n) is 9.60. The number of ketones is 1. The molecule has 5 heteroatoms. The number of nitrogens with one attached hydrogen (secondary N) is 2. The topological polar surface area (TPSA) is 105 Å². The Morgan fingerprint density at radius 2 is 1.00 bits per heavy atom. The number of hydrogen-bond acceptors (Lipinski definition) is 5. The van der Waals surface area contributed by atoms with Crippen molar-refractivity contribution >= 4 is 17.2 Å². The van der Waals surface area contributed by atoms with E-state index in [-0.39, 0.29) is 30.8 Å². The van der Waals surface area contributed by atoms with Crippen LogP contribution >= 0.6 is 0 Å². The van der Waals surface area contributed by atoms with Crippen LogP contribution in [0.1, 0.15) is 53.7 Å². The predicted molar refractivity (Wildman–Crippen MR) is 112 cm³/mol. The van der Waals surface area contributed by atoms with Crippen LogP contribution in [0.4, 0.5) is 0 Å². The first kappa shape index (κ1) is 21.7. The summed E-state index contributed by atoms with van der Waals surface area (Å²) in [5, 5.41) is 35.1. The van der Waals surface area contributed by atoms with Gasteiger partial charge in [0.2, 0.25) is 0 Å². The van der Waals surface area contributed by atoms with Crippen molar-refractivity contribution in [3.05, 3.63) is 70.8 Å². The van der Waals surface area contributed by atoms with Gasteiger partial charge in [0.15, 0.2) is 5.78 Å². The molecule has 2 aromatic rings. The van der Waals surface area contributed by atoms with Gasteiger partial charge in [0.05, 0.1) is 13.2 Å². The summed E-state index contributed by atoms with van der Waals surface area (Å²) >= 11 is 0. The normalized spacial score (nSPS) is 13.0. The molecule has 5 nitrogen and oxygen atoms in total. The van der Waals surface area contributed by atoms with E-state index in [2.05, 4.69) is 0 Å². The summed E-state index contributed by atoms with van der Waals surface area (Å²) in [4.78, 5) is 12.7. The maximum atomic E-state index is 12.7. The molecule has 0 aliphatic carbocycles. The standard InChI is InChI=1S/C23H28N2O3/c1-3-15(13-26)21(24)17-5-9-19(10-6-17)23(28)20-11-7-18(8-12-20)22(25)16(4-2)14-27/h5-12,15-16,24-27H,3-4,13-14H2,1-2H3. The van der Waals surface area contributed by atoms with Gasteiger partial charge in [-0.05, 0) is 24.0 Å². The van der Waals surface area contributed by atoms with Gasteiger partial charge in [0.1, 0.15) is 0 Å². The van der Waals surface area contributed by atoms with Crippen LogP contribution in [-0.4, -0.2) is 40.6 Å². The van der Waals surface area contributed by atoms with E-state index in [0.29, 0.717) is 46.5 Å². The van der Waals surface area contributed by atoms with Gasteiger partial charge in [0, 0.05) is 34.4 Å². The van der Waals surface area contributed by atoms with E-state index in [9.17, 15) is 15.0 Å². The number of aliphatic hydroxyl groups is 2. The minimum Gasteiger partial charge on any atom is -0.396 e. The molecule has 0 spiro atoms. The van der Waals surface area contributed by atoms with Crippen molar-refractivity contribution in [1.29, 1.82) is 10.8 Å². The second-order valence-electron chi connectivity index (χ2n) is 6.89. The quantitative estimate of drug-likeness (QED) is 0.373. The Balaban J connectivity index is 2.16. The zero-order chi connectivity index (χ0) is 20.7. The average molecular weight is 380 g/mol. The average Bonchev–Trinajstić information content (AvgIpc) is 2.75. The largest absolute Gasteiger partial charge is 0.396 e. The first-order valence-corrected chi connectivity index (χ1v) is 9.60. The summed E-state index contributed by atoms with van der Waals surface area (Å²) in [6.07, 6.45) is 1.37. The molecule has 2 aromatic carbocycles. The first-order chi connectivity index (χ1) is 13.5. The van der Waals surface area contributed by atoms with Gasteiger partial charge in [0.25, 0.3) is 0 Å². The van der Waals surface area contributed by atoms with E-state index in [0.717, 1.165) is 0 Å². The molecular formula is C23H28N2O3. The lowest BCUT2D eigenvalue weighted by molar-refractivity contribution is 0.103. The van der Waals surface area contributed by atoms with Crippen molar-refractivity contribution in [1.82, 2.24) is 0 Å². The lowest BCUT2D eigenvalue weighted by atomic mass is 9.92. The van der Waals surface area contributed by atoms with Gasteiger partial charge in [-0.25, -0.2) is 0 Å². The molecule has 4 N–H and O–H groups in total. The number of aliphatic hydroxyl groups excluding tert-OH is 2.